The first-order valence-electron chi connectivity index (χ1n) is 6.96. The van der Waals surface area contributed by atoms with E-state index < -0.39 is 0 Å². The van der Waals surface area contributed by atoms with Gasteiger partial charge in [-0.25, -0.2) is 0 Å². The Morgan fingerprint density at radius 3 is 2.29 bits per heavy atom. The predicted molar refractivity (Wildman–Crippen MR) is 96.8 cm³/mol. The Morgan fingerprint density at radius 2 is 1.57 bits per heavy atom. The molecule has 0 unspecified atom stereocenters. The van der Waals surface area contributed by atoms with Crippen LogP contribution >= 0.6 is 23.7 Å². The van der Waals surface area contributed by atoms with E-state index in [9.17, 15) is 0 Å². The zero-order valence-electron chi connectivity index (χ0n) is 12.4. The van der Waals surface area contributed by atoms with Crippen LogP contribution in [0.15, 0.2) is 54.6 Å². The first kappa shape index (κ1) is 16.0. The van der Waals surface area contributed by atoms with E-state index in [0.29, 0.717) is 0 Å². The molecule has 0 amide bonds. The molecule has 0 atom stereocenters. The zero-order valence-corrected chi connectivity index (χ0v) is 14.0. The molecule has 0 saturated heterocycles. The van der Waals surface area contributed by atoms with Gasteiger partial charge in [0.2, 0.25) is 0 Å². The Bertz CT molecular complexity index is 704. The summed E-state index contributed by atoms with van der Waals surface area (Å²) in [6.45, 7) is 1.08. The lowest BCUT2D eigenvalue weighted by Gasteiger charge is -2.10. The van der Waals surface area contributed by atoms with Crippen LogP contribution in [0.3, 0.4) is 0 Å². The lowest BCUT2D eigenvalue weighted by Crippen LogP contribution is -2.15. The van der Waals surface area contributed by atoms with Crippen LogP contribution in [0, 0.1) is 0 Å². The molecule has 3 aromatic rings. The Labute approximate surface area is 136 Å². The van der Waals surface area contributed by atoms with Crippen molar-refractivity contribution in [3.8, 4) is 10.4 Å². The molecule has 0 radical (unpaired) electrons. The van der Waals surface area contributed by atoms with Crippen LogP contribution in [0.1, 0.15) is 5.56 Å². The van der Waals surface area contributed by atoms with Crippen LogP contribution in [-0.2, 0) is 6.42 Å². The van der Waals surface area contributed by atoms with Crippen LogP contribution in [0.4, 0.5) is 0 Å². The largest absolute Gasteiger partial charge is 0.309 e. The van der Waals surface area contributed by atoms with E-state index in [1.807, 2.05) is 11.3 Å². The topological polar surface area (TPSA) is 3.24 Å². The molecule has 1 nitrogen and oxygen atoms in total. The van der Waals surface area contributed by atoms with E-state index in [1.165, 1.54) is 26.1 Å². The monoisotopic (exact) mass is 317 g/mol. The van der Waals surface area contributed by atoms with Gasteiger partial charge in [-0.15, -0.1) is 23.7 Å². The highest BCUT2D eigenvalue weighted by Crippen LogP contribution is 2.38. The molecule has 0 aliphatic rings. The smallest absolute Gasteiger partial charge is 0.0387 e. The first-order valence-corrected chi connectivity index (χ1v) is 7.78. The summed E-state index contributed by atoms with van der Waals surface area (Å²) in [5, 5.41) is 1.42. The molecule has 1 heterocycles. The highest BCUT2D eigenvalue weighted by molar-refractivity contribution is 7.22. The third-order valence-corrected chi connectivity index (χ3v) is 4.81. The van der Waals surface area contributed by atoms with Crippen molar-refractivity contribution in [3.63, 3.8) is 0 Å². The Balaban J connectivity index is 0.00000161. The predicted octanol–water partition coefficient (Wildman–Crippen LogP) is 5.09. The van der Waals surface area contributed by atoms with E-state index >= 15 is 0 Å². The van der Waals surface area contributed by atoms with Crippen molar-refractivity contribution in [2.75, 3.05) is 20.6 Å². The average molecular weight is 318 g/mol. The van der Waals surface area contributed by atoms with Crippen molar-refractivity contribution in [3.05, 3.63) is 60.2 Å². The van der Waals surface area contributed by atoms with Gasteiger partial charge in [0.15, 0.2) is 0 Å². The fraction of sp³-hybridized carbons (Fsp3) is 0.222. The maximum atomic E-state index is 2.25. The summed E-state index contributed by atoms with van der Waals surface area (Å²) in [5.74, 6) is 0. The molecule has 3 heteroatoms. The minimum absolute atomic E-state index is 0. The number of halogens is 1. The maximum absolute atomic E-state index is 2.25. The molecule has 0 fully saturated rings. The van der Waals surface area contributed by atoms with E-state index in [4.69, 9.17) is 0 Å². The molecule has 0 saturated carbocycles. The van der Waals surface area contributed by atoms with E-state index in [1.54, 1.807) is 0 Å². The quantitative estimate of drug-likeness (QED) is 0.647. The van der Waals surface area contributed by atoms with Crippen LogP contribution in [0.2, 0.25) is 0 Å². The number of fused-ring (bicyclic) bond motifs is 1. The van der Waals surface area contributed by atoms with Gasteiger partial charge < -0.3 is 4.90 Å². The molecule has 0 bridgehead atoms. The molecule has 21 heavy (non-hydrogen) atoms. The lowest BCUT2D eigenvalue weighted by molar-refractivity contribution is 0.414. The number of hydrogen-bond acceptors (Lipinski definition) is 2. The highest BCUT2D eigenvalue weighted by atomic mass is 35.5. The molecule has 2 aromatic carbocycles. The third kappa shape index (κ3) is 3.46. The fourth-order valence-corrected chi connectivity index (χ4v) is 3.76. The zero-order chi connectivity index (χ0) is 13.9. The Kier molecular flexibility index (Phi) is 5.40. The summed E-state index contributed by atoms with van der Waals surface area (Å²) in [6, 6.07) is 19.5. The molecule has 0 aliphatic heterocycles. The van der Waals surface area contributed by atoms with Crippen LogP contribution in [0.5, 0.6) is 0 Å². The van der Waals surface area contributed by atoms with Gasteiger partial charge in [0, 0.05) is 16.1 Å². The SMILES string of the molecule is CN(C)CCc1c(-c2ccccc2)sc2ccccc12.Cl. The molecule has 0 spiro atoms. The van der Waals surface area contributed by atoms with Crippen molar-refractivity contribution >= 4 is 33.8 Å². The Hall–Kier alpha value is -1.35. The molecular weight excluding hydrogens is 298 g/mol. The summed E-state index contributed by atoms with van der Waals surface area (Å²) in [7, 11) is 4.27. The van der Waals surface area contributed by atoms with Gasteiger partial charge in [-0.2, -0.15) is 0 Å². The number of likely N-dealkylation sites (N-methyl/N-ethyl adjacent to an activating group) is 1. The number of thiophene rings is 1. The molecule has 110 valence electrons. The summed E-state index contributed by atoms with van der Waals surface area (Å²) >= 11 is 1.91. The van der Waals surface area contributed by atoms with Gasteiger partial charge in [-0.05, 0) is 43.1 Å². The first-order chi connectivity index (χ1) is 9.75. The second-order valence-electron chi connectivity index (χ2n) is 5.33. The molecule has 1 aromatic heterocycles. The standard InChI is InChI=1S/C18H19NS.ClH/c1-19(2)13-12-16-15-10-6-7-11-17(15)20-18(16)14-8-4-3-5-9-14;/h3-11H,12-13H2,1-2H3;1H. The molecule has 0 N–H and O–H groups in total. The maximum Gasteiger partial charge on any atom is 0.0387 e. The molecule has 3 rings (SSSR count). The van der Waals surface area contributed by atoms with E-state index in [0.717, 1.165) is 13.0 Å². The lowest BCUT2D eigenvalue weighted by atomic mass is 10.0. The summed E-state index contributed by atoms with van der Waals surface area (Å²) in [6.07, 6.45) is 1.10. The van der Waals surface area contributed by atoms with Crippen molar-refractivity contribution in [2.24, 2.45) is 0 Å². The average Bonchev–Trinajstić information content (AvgIpc) is 2.84. The Morgan fingerprint density at radius 1 is 0.905 bits per heavy atom. The van der Waals surface area contributed by atoms with Crippen LogP contribution < -0.4 is 0 Å². The minimum atomic E-state index is 0. The van der Waals surface area contributed by atoms with Crippen LogP contribution in [-0.4, -0.2) is 25.5 Å². The summed E-state index contributed by atoms with van der Waals surface area (Å²) in [4.78, 5) is 3.68. The van der Waals surface area contributed by atoms with Gasteiger partial charge >= 0.3 is 0 Å². The van der Waals surface area contributed by atoms with E-state index in [2.05, 4.69) is 73.6 Å². The van der Waals surface area contributed by atoms with Gasteiger partial charge in [-0.1, -0.05) is 48.5 Å². The summed E-state index contributed by atoms with van der Waals surface area (Å²) < 4.78 is 1.39. The van der Waals surface area contributed by atoms with Crippen molar-refractivity contribution in [2.45, 2.75) is 6.42 Å². The van der Waals surface area contributed by atoms with Gasteiger partial charge in [0.25, 0.3) is 0 Å². The van der Waals surface area contributed by atoms with Gasteiger partial charge in [0.1, 0.15) is 0 Å². The number of nitrogens with zero attached hydrogens (tertiary/aromatic N) is 1. The van der Waals surface area contributed by atoms with Gasteiger partial charge in [-0.3, -0.25) is 0 Å². The molecular formula is C18H20ClNS. The van der Waals surface area contributed by atoms with Crippen molar-refractivity contribution < 1.29 is 0 Å². The number of hydrogen-bond donors (Lipinski definition) is 0. The normalized spacial score (nSPS) is 10.8. The van der Waals surface area contributed by atoms with Gasteiger partial charge in [0.05, 0.1) is 0 Å². The minimum Gasteiger partial charge on any atom is -0.309 e. The van der Waals surface area contributed by atoms with Crippen molar-refractivity contribution in [1.82, 2.24) is 4.90 Å². The second-order valence-corrected chi connectivity index (χ2v) is 6.38. The summed E-state index contributed by atoms with van der Waals surface area (Å²) in [5.41, 5.74) is 2.83. The van der Waals surface area contributed by atoms with Crippen LogP contribution in [0.25, 0.3) is 20.5 Å². The second kappa shape index (κ2) is 7.08. The number of rotatable bonds is 4. The fourth-order valence-electron chi connectivity index (χ4n) is 2.51. The third-order valence-electron chi connectivity index (χ3n) is 3.54. The molecule has 0 aliphatic carbocycles. The van der Waals surface area contributed by atoms with Crippen molar-refractivity contribution in [1.29, 1.82) is 0 Å². The van der Waals surface area contributed by atoms with E-state index in [-0.39, 0.29) is 12.4 Å². The highest BCUT2D eigenvalue weighted by Gasteiger charge is 2.13. The number of benzene rings is 2.